The molecule has 3 heterocycles. The molecule has 0 saturated carbocycles. The summed E-state index contributed by atoms with van der Waals surface area (Å²) < 4.78 is 7.81. The van der Waals surface area contributed by atoms with Gasteiger partial charge in [-0.25, -0.2) is 9.78 Å². The molecule has 140 valence electrons. The number of anilines is 1. The van der Waals surface area contributed by atoms with Crippen molar-refractivity contribution in [1.29, 1.82) is 0 Å². The molecule has 26 heavy (non-hydrogen) atoms. The molecule has 0 radical (unpaired) electrons. The number of rotatable bonds is 4. The first-order valence-corrected chi connectivity index (χ1v) is 8.55. The Balaban J connectivity index is 1.74. The Bertz CT molecular complexity index is 939. The molecule has 1 aliphatic rings. The fourth-order valence-electron chi connectivity index (χ4n) is 3.20. The zero-order valence-corrected chi connectivity index (χ0v) is 15.4. The van der Waals surface area contributed by atoms with Crippen LogP contribution >= 0.6 is 0 Å². The van der Waals surface area contributed by atoms with E-state index in [1.807, 2.05) is 18.7 Å². The van der Waals surface area contributed by atoms with Crippen molar-refractivity contribution in [3.05, 3.63) is 44.8 Å². The maximum Gasteiger partial charge on any atom is 0.332 e. The van der Waals surface area contributed by atoms with Crippen molar-refractivity contribution in [2.75, 3.05) is 18.0 Å². The molecule has 0 spiro atoms. The molecule has 0 aromatic carbocycles. The van der Waals surface area contributed by atoms with E-state index in [1.54, 1.807) is 7.05 Å². The highest BCUT2D eigenvalue weighted by molar-refractivity contribution is 5.93. The van der Waals surface area contributed by atoms with Gasteiger partial charge in [-0.05, 0) is 6.42 Å². The van der Waals surface area contributed by atoms with Gasteiger partial charge in [0.25, 0.3) is 11.5 Å². The molecule has 0 aliphatic carbocycles. The van der Waals surface area contributed by atoms with E-state index in [0.29, 0.717) is 36.8 Å². The molecule has 0 bridgehead atoms. The van der Waals surface area contributed by atoms with Gasteiger partial charge in [-0.1, -0.05) is 13.8 Å². The summed E-state index contributed by atoms with van der Waals surface area (Å²) in [5.74, 6) is 0.908. The lowest BCUT2D eigenvalue weighted by Crippen LogP contribution is -2.41. The molecule has 1 amide bonds. The number of oxazole rings is 1. The SMILES string of the molecule is CC(C)c1ocnc1C(=O)N[C@H]1CCN(c2cc(=O)n(C)c(=O)n2C)C1. The molecule has 0 unspecified atom stereocenters. The Labute approximate surface area is 150 Å². The minimum Gasteiger partial charge on any atom is -0.447 e. The molecular weight excluding hydrogens is 338 g/mol. The third-order valence-corrected chi connectivity index (χ3v) is 4.68. The van der Waals surface area contributed by atoms with Gasteiger partial charge in [0.1, 0.15) is 11.6 Å². The van der Waals surface area contributed by atoms with Gasteiger partial charge in [0.2, 0.25) is 0 Å². The molecule has 1 aliphatic heterocycles. The molecular formula is C17H23N5O4. The Kier molecular flexibility index (Phi) is 4.71. The van der Waals surface area contributed by atoms with Crippen LogP contribution in [-0.2, 0) is 14.1 Å². The molecule has 3 rings (SSSR count). The van der Waals surface area contributed by atoms with Crippen LogP contribution in [-0.4, -0.2) is 39.2 Å². The number of hydrogen-bond acceptors (Lipinski definition) is 6. The number of nitrogens with zero attached hydrogens (tertiary/aromatic N) is 4. The lowest BCUT2D eigenvalue weighted by Gasteiger charge is -2.21. The van der Waals surface area contributed by atoms with Crippen LogP contribution in [0.2, 0.25) is 0 Å². The van der Waals surface area contributed by atoms with E-state index >= 15 is 0 Å². The highest BCUT2D eigenvalue weighted by Crippen LogP contribution is 2.20. The second kappa shape index (κ2) is 6.81. The molecule has 2 aromatic heterocycles. The highest BCUT2D eigenvalue weighted by atomic mass is 16.3. The minimum atomic E-state index is -0.371. The van der Waals surface area contributed by atoms with E-state index in [1.165, 1.54) is 24.1 Å². The van der Waals surface area contributed by atoms with Gasteiger partial charge in [0.15, 0.2) is 12.1 Å². The van der Waals surface area contributed by atoms with Crippen molar-refractivity contribution in [1.82, 2.24) is 19.4 Å². The number of carbonyl (C=O) groups is 1. The zero-order valence-electron chi connectivity index (χ0n) is 15.4. The van der Waals surface area contributed by atoms with E-state index in [0.717, 1.165) is 4.57 Å². The molecule has 2 aromatic rings. The van der Waals surface area contributed by atoms with Crippen molar-refractivity contribution in [2.45, 2.75) is 32.2 Å². The predicted molar refractivity (Wildman–Crippen MR) is 95.6 cm³/mol. The van der Waals surface area contributed by atoms with Gasteiger partial charge >= 0.3 is 5.69 Å². The van der Waals surface area contributed by atoms with Crippen LogP contribution in [0.15, 0.2) is 26.5 Å². The number of amides is 1. The number of nitrogens with one attached hydrogen (secondary N) is 1. The van der Waals surface area contributed by atoms with Crippen molar-refractivity contribution in [2.24, 2.45) is 14.1 Å². The van der Waals surface area contributed by atoms with E-state index in [9.17, 15) is 14.4 Å². The van der Waals surface area contributed by atoms with Crippen molar-refractivity contribution in [3.8, 4) is 0 Å². The highest BCUT2D eigenvalue weighted by Gasteiger charge is 2.28. The lowest BCUT2D eigenvalue weighted by molar-refractivity contribution is 0.0933. The third-order valence-electron chi connectivity index (χ3n) is 4.68. The standard InChI is InChI=1S/C17H23N5O4/c1-10(2)15-14(18-9-26-15)16(24)19-11-5-6-22(8-11)12-7-13(23)21(4)17(25)20(12)3/h7,9-11H,5-6,8H2,1-4H3,(H,19,24)/t11-/m0/s1. The summed E-state index contributed by atoms with van der Waals surface area (Å²) in [5, 5.41) is 2.96. The fourth-order valence-corrected chi connectivity index (χ4v) is 3.20. The van der Waals surface area contributed by atoms with Gasteiger partial charge < -0.3 is 14.6 Å². The topological polar surface area (TPSA) is 102 Å². The van der Waals surface area contributed by atoms with Crippen LogP contribution in [0.5, 0.6) is 0 Å². The van der Waals surface area contributed by atoms with Gasteiger partial charge in [0, 0.05) is 45.2 Å². The maximum absolute atomic E-state index is 12.5. The molecule has 9 nitrogen and oxygen atoms in total. The summed E-state index contributed by atoms with van der Waals surface area (Å²) in [7, 11) is 3.08. The summed E-state index contributed by atoms with van der Waals surface area (Å²) in [6.45, 7) is 5.03. The maximum atomic E-state index is 12.5. The second-order valence-electron chi connectivity index (χ2n) is 6.87. The van der Waals surface area contributed by atoms with Crippen LogP contribution in [0.1, 0.15) is 42.4 Å². The summed E-state index contributed by atoms with van der Waals surface area (Å²) in [5.41, 5.74) is -0.414. The smallest absolute Gasteiger partial charge is 0.332 e. The van der Waals surface area contributed by atoms with Crippen LogP contribution in [0.4, 0.5) is 5.82 Å². The van der Waals surface area contributed by atoms with E-state index in [2.05, 4.69) is 10.3 Å². The van der Waals surface area contributed by atoms with Crippen molar-refractivity contribution >= 4 is 11.7 Å². The van der Waals surface area contributed by atoms with Gasteiger partial charge in [-0.2, -0.15) is 0 Å². The molecule has 1 saturated heterocycles. The van der Waals surface area contributed by atoms with Crippen molar-refractivity contribution < 1.29 is 9.21 Å². The molecule has 1 atom stereocenters. The number of aromatic nitrogens is 3. The quantitative estimate of drug-likeness (QED) is 0.835. The zero-order chi connectivity index (χ0) is 19.0. The van der Waals surface area contributed by atoms with Crippen LogP contribution in [0.3, 0.4) is 0 Å². The average Bonchev–Trinajstić information content (AvgIpc) is 3.25. The summed E-state index contributed by atoms with van der Waals surface area (Å²) in [6, 6.07) is 1.35. The Morgan fingerprint density at radius 3 is 2.73 bits per heavy atom. The minimum absolute atomic E-state index is 0.0633. The lowest BCUT2D eigenvalue weighted by atomic mass is 10.1. The normalized spacial score (nSPS) is 17.1. The van der Waals surface area contributed by atoms with Gasteiger partial charge in [-0.3, -0.25) is 18.7 Å². The summed E-state index contributed by atoms with van der Waals surface area (Å²) in [4.78, 5) is 42.5. The largest absolute Gasteiger partial charge is 0.447 e. The summed E-state index contributed by atoms with van der Waals surface area (Å²) >= 11 is 0. The first-order valence-electron chi connectivity index (χ1n) is 8.55. The van der Waals surface area contributed by atoms with E-state index < -0.39 is 0 Å². The number of hydrogen-bond donors (Lipinski definition) is 1. The van der Waals surface area contributed by atoms with Crippen molar-refractivity contribution in [3.63, 3.8) is 0 Å². The van der Waals surface area contributed by atoms with Crippen LogP contribution in [0, 0.1) is 0 Å². The fraction of sp³-hybridized carbons (Fsp3) is 0.529. The molecule has 1 fully saturated rings. The monoisotopic (exact) mass is 361 g/mol. The molecule has 9 heteroatoms. The first-order chi connectivity index (χ1) is 12.3. The van der Waals surface area contributed by atoms with E-state index in [4.69, 9.17) is 4.42 Å². The number of carbonyl (C=O) groups excluding carboxylic acids is 1. The predicted octanol–water partition coefficient (Wildman–Crippen LogP) is 0.204. The second-order valence-corrected chi connectivity index (χ2v) is 6.87. The average molecular weight is 361 g/mol. The van der Waals surface area contributed by atoms with Crippen LogP contribution in [0.25, 0.3) is 0 Å². The van der Waals surface area contributed by atoms with Gasteiger partial charge in [-0.15, -0.1) is 0 Å². The third kappa shape index (κ3) is 3.16. The van der Waals surface area contributed by atoms with Crippen LogP contribution < -0.4 is 21.5 Å². The summed E-state index contributed by atoms with van der Waals surface area (Å²) in [6.07, 6.45) is 1.99. The Morgan fingerprint density at radius 1 is 1.31 bits per heavy atom. The van der Waals surface area contributed by atoms with Gasteiger partial charge in [0.05, 0.1) is 0 Å². The van der Waals surface area contributed by atoms with E-state index in [-0.39, 0.29) is 29.1 Å². The molecule has 1 N–H and O–H groups in total. The Morgan fingerprint density at radius 2 is 2.04 bits per heavy atom. The Hall–Kier alpha value is -2.84. The first kappa shape index (κ1) is 18.0.